The maximum absolute atomic E-state index is 12.8. The molecule has 5 nitrogen and oxygen atoms in total. The highest BCUT2D eigenvalue weighted by Crippen LogP contribution is 2.16. The zero-order valence-corrected chi connectivity index (χ0v) is 17.6. The molecule has 2 N–H and O–H groups in total. The summed E-state index contributed by atoms with van der Waals surface area (Å²) >= 11 is 2.09. The minimum atomic E-state index is -0.432. The van der Waals surface area contributed by atoms with Crippen LogP contribution < -0.4 is 10.6 Å². The highest BCUT2D eigenvalue weighted by atomic mass is 127. The third-order valence-corrected chi connectivity index (χ3v) is 4.88. The summed E-state index contributed by atoms with van der Waals surface area (Å²) in [6.45, 7) is 3.76. The van der Waals surface area contributed by atoms with Crippen LogP contribution in [-0.4, -0.2) is 11.8 Å². The topological polar surface area (TPSA) is 71.3 Å². The first-order valence-electron chi connectivity index (χ1n) is 8.64. The Balaban J connectivity index is 1.88. The van der Waals surface area contributed by atoms with Crippen LogP contribution in [0.5, 0.6) is 0 Å². The molecule has 0 fully saturated rings. The first-order chi connectivity index (χ1) is 13.4. The molecule has 2 aromatic carbocycles. The van der Waals surface area contributed by atoms with Gasteiger partial charge in [-0.2, -0.15) is 0 Å². The number of anilines is 1. The summed E-state index contributed by atoms with van der Waals surface area (Å²) < 4.78 is 6.33. The molecule has 0 aliphatic rings. The molecule has 0 spiro atoms. The van der Waals surface area contributed by atoms with Gasteiger partial charge in [0.1, 0.15) is 17.2 Å². The fourth-order valence-electron chi connectivity index (χ4n) is 2.59. The quantitative estimate of drug-likeness (QED) is 0.398. The molecular weight excluding hydrogens is 467 g/mol. The summed E-state index contributed by atoms with van der Waals surface area (Å²) in [5, 5.41) is 5.53. The first-order valence-corrected chi connectivity index (χ1v) is 9.72. The zero-order chi connectivity index (χ0) is 20.1. The van der Waals surface area contributed by atoms with Crippen LogP contribution in [0, 0.1) is 17.4 Å². The fraction of sp³-hybridized carbons (Fsp3) is 0.0909. The SMILES string of the molecule is Cc1cccc(NC(=O)C(=Cc2ccc(C)o2)NC(=O)c2ccccc2I)c1. The second-order valence-electron chi connectivity index (χ2n) is 6.26. The molecule has 1 aromatic heterocycles. The van der Waals surface area contributed by atoms with E-state index in [1.165, 1.54) is 6.08 Å². The minimum absolute atomic E-state index is 0.0977. The van der Waals surface area contributed by atoms with Gasteiger partial charge in [0.2, 0.25) is 0 Å². The standard InChI is InChI=1S/C22H19IN2O3/c1-14-6-5-7-16(12-14)24-22(27)20(13-17-11-10-15(2)28-17)25-21(26)18-8-3-4-9-19(18)23/h3-13H,1-2H3,(H,24,27)(H,25,26). The molecule has 0 aliphatic carbocycles. The van der Waals surface area contributed by atoms with Crippen molar-refractivity contribution >= 4 is 46.2 Å². The fourth-order valence-corrected chi connectivity index (χ4v) is 3.22. The molecule has 2 amide bonds. The lowest BCUT2D eigenvalue weighted by atomic mass is 10.2. The number of furan rings is 1. The van der Waals surface area contributed by atoms with Crippen LogP contribution >= 0.6 is 22.6 Å². The molecule has 0 radical (unpaired) electrons. The molecule has 142 valence electrons. The van der Waals surface area contributed by atoms with Gasteiger partial charge in [-0.1, -0.05) is 24.3 Å². The molecule has 1 heterocycles. The maximum Gasteiger partial charge on any atom is 0.272 e. The van der Waals surface area contributed by atoms with Crippen molar-refractivity contribution in [3.8, 4) is 0 Å². The normalized spacial score (nSPS) is 11.2. The Bertz CT molecular complexity index is 1050. The Morgan fingerprint density at radius 1 is 1.00 bits per heavy atom. The van der Waals surface area contributed by atoms with Gasteiger partial charge in [0.05, 0.1) is 5.56 Å². The Morgan fingerprint density at radius 2 is 1.79 bits per heavy atom. The molecule has 0 unspecified atom stereocenters. The van der Waals surface area contributed by atoms with Gasteiger partial charge >= 0.3 is 0 Å². The van der Waals surface area contributed by atoms with Gasteiger partial charge in [-0.25, -0.2) is 0 Å². The lowest BCUT2D eigenvalue weighted by molar-refractivity contribution is -0.113. The molecule has 0 saturated carbocycles. The van der Waals surface area contributed by atoms with Gasteiger partial charge in [-0.3, -0.25) is 9.59 Å². The molecule has 6 heteroatoms. The third kappa shape index (κ3) is 5.10. The van der Waals surface area contributed by atoms with E-state index in [1.54, 1.807) is 30.3 Å². The number of aryl methyl sites for hydroxylation is 2. The van der Waals surface area contributed by atoms with Gasteiger partial charge in [-0.05, 0) is 78.4 Å². The van der Waals surface area contributed by atoms with E-state index in [9.17, 15) is 9.59 Å². The molecule has 3 aromatic rings. The van der Waals surface area contributed by atoms with Crippen molar-refractivity contribution < 1.29 is 14.0 Å². The summed E-state index contributed by atoms with van der Waals surface area (Å²) in [4.78, 5) is 25.6. The largest absolute Gasteiger partial charge is 0.462 e. The Morgan fingerprint density at radius 3 is 2.46 bits per heavy atom. The number of amides is 2. The van der Waals surface area contributed by atoms with E-state index in [4.69, 9.17) is 4.42 Å². The van der Waals surface area contributed by atoms with Crippen LogP contribution in [0.25, 0.3) is 6.08 Å². The van der Waals surface area contributed by atoms with E-state index in [2.05, 4.69) is 33.2 Å². The Kier molecular flexibility index (Phi) is 6.30. The van der Waals surface area contributed by atoms with Crippen LogP contribution in [0.15, 0.2) is 70.8 Å². The van der Waals surface area contributed by atoms with E-state index >= 15 is 0 Å². The van der Waals surface area contributed by atoms with Crippen LogP contribution in [0.1, 0.15) is 27.4 Å². The predicted octanol–water partition coefficient (Wildman–Crippen LogP) is 4.91. The molecule has 0 atom stereocenters. The molecule has 0 saturated heterocycles. The van der Waals surface area contributed by atoms with Crippen LogP contribution in [0.4, 0.5) is 5.69 Å². The van der Waals surface area contributed by atoms with Crippen LogP contribution in [-0.2, 0) is 4.79 Å². The number of hydrogen-bond donors (Lipinski definition) is 2. The van der Waals surface area contributed by atoms with Crippen molar-refractivity contribution in [3.05, 3.63) is 92.6 Å². The Hall–Kier alpha value is -2.87. The van der Waals surface area contributed by atoms with E-state index in [-0.39, 0.29) is 11.6 Å². The second kappa shape index (κ2) is 8.88. The van der Waals surface area contributed by atoms with Crippen LogP contribution in [0.2, 0.25) is 0 Å². The number of carbonyl (C=O) groups excluding carboxylic acids is 2. The Labute approximate surface area is 177 Å². The zero-order valence-electron chi connectivity index (χ0n) is 15.5. The maximum atomic E-state index is 12.8. The number of hydrogen-bond acceptors (Lipinski definition) is 3. The van der Waals surface area contributed by atoms with Crippen molar-refractivity contribution in [3.63, 3.8) is 0 Å². The van der Waals surface area contributed by atoms with Crippen molar-refractivity contribution in [2.24, 2.45) is 0 Å². The summed E-state index contributed by atoms with van der Waals surface area (Å²) in [7, 11) is 0. The monoisotopic (exact) mass is 486 g/mol. The molecular formula is C22H19IN2O3. The van der Waals surface area contributed by atoms with E-state index < -0.39 is 5.91 Å². The van der Waals surface area contributed by atoms with Crippen LogP contribution in [0.3, 0.4) is 0 Å². The molecule has 28 heavy (non-hydrogen) atoms. The molecule has 3 rings (SSSR count). The molecule has 0 bridgehead atoms. The summed E-state index contributed by atoms with van der Waals surface area (Å²) in [5.74, 6) is 0.404. The second-order valence-corrected chi connectivity index (χ2v) is 7.43. The van der Waals surface area contributed by atoms with Crippen molar-refractivity contribution in [1.82, 2.24) is 5.32 Å². The van der Waals surface area contributed by atoms with Crippen molar-refractivity contribution in [1.29, 1.82) is 0 Å². The summed E-state index contributed by atoms with van der Waals surface area (Å²) in [6.07, 6.45) is 1.52. The van der Waals surface area contributed by atoms with E-state index in [1.807, 2.05) is 44.2 Å². The predicted molar refractivity (Wildman–Crippen MR) is 118 cm³/mol. The number of carbonyl (C=O) groups is 2. The number of benzene rings is 2. The number of halogens is 1. The van der Waals surface area contributed by atoms with E-state index in [0.717, 1.165) is 9.13 Å². The average molecular weight is 486 g/mol. The first kappa shape index (κ1) is 19.9. The highest BCUT2D eigenvalue weighted by Gasteiger charge is 2.17. The third-order valence-electron chi connectivity index (χ3n) is 3.93. The van der Waals surface area contributed by atoms with Gasteiger partial charge < -0.3 is 15.1 Å². The lowest BCUT2D eigenvalue weighted by Crippen LogP contribution is -2.31. The summed E-state index contributed by atoms with van der Waals surface area (Å²) in [5.41, 5.74) is 2.26. The average Bonchev–Trinajstić information content (AvgIpc) is 3.06. The molecule has 0 aliphatic heterocycles. The van der Waals surface area contributed by atoms with Gasteiger partial charge in [0, 0.05) is 15.3 Å². The van der Waals surface area contributed by atoms with Crippen molar-refractivity contribution in [2.45, 2.75) is 13.8 Å². The lowest BCUT2D eigenvalue weighted by Gasteiger charge is -2.12. The highest BCUT2D eigenvalue weighted by molar-refractivity contribution is 14.1. The van der Waals surface area contributed by atoms with Gasteiger partial charge in [0.25, 0.3) is 11.8 Å². The van der Waals surface area contributed by atoms with Crippen molar-refractivity contribution in [2.75, 3.05) is 5.32 Å². The summed E-state index contributed by atoms with van der Waals surface area (Å²) in [6, 6.07) is 18.2. The minimum Gasteiger partial charge on any atom is -0.462 e. The number of nitrogens with one attached hydrogen (secondary N) is 2. The van der Waals surface area contributed by atoms with Gasteiger partial charge in [0.15, 0.2) is 0 Å². The van der Waals surface area contributed by atoms with E-state index in [0.29, 0.717) is 22.8 Å². The smallest absolute Gasteiger partial charge is 0.272 e. The van der Waals surface area contributed by atoms with Gasteiger partial charge in [-0.15, -0.1) is 0 Å². The number of rotatable bonds is 5.